The lowest BCUT2D eigenvalue weighted by Crippen LogP contribution is -2.59. The molecule has 5 rings (SSSR count). The molecule has 31 heavy (non-hydrogen) atoms. The molecule has 3 aromatic rings. The van der Waals surface area contributed by atoms with Crippen molar-refractivity contribution in [2.24, 2.45) is 12.0 Å². The summed E-state index contributed by atoms with van der Waals surface area (Å²) in [7, 11) is 1.91. The number of nitrogens with one attached hydrogen (secondary N) is 2. The molecule has 1 fully saturated rings. The van der Waals surface area contributed by atoms with E-state index in [0.29, 0.717) is 19.6 Å². The first-order chi connectivity index (χ1) is 15.1. The summed E-state index contributed by atoms with van der Waals surface area (Å²) in [5, 5.41) is 7.18. The monoisotopic (exact) mass is 414 g/mol. The van der Waals surface area contributed by atoms with E-state index < -0.39 is 0 Å². The SMILES string of the molecule is Cn1cccc1C(=O)N1CCC2(CC1)Nc1cccnc1NC2=NCc1ccccc1. The summed E-state index contributed by atoms with van der Waals surface area (Å²) in [6.07, 6.45) is 5.24. The standard InChI is InChI=1S/C24H26N6O/c1-29-14-6-10-20(29)22(31)30-15-11-24(12-16-30)23(26-17-18-7-3-2-4-8-18)27-21-19(28-24)9-5-13-25-21/h2-10,13-14,28H,11-12,15-17H2,1H3,(H,25,26,27). The van der Waals surface area contributed by atoms with Crippen molar-refractivity contribution >= 4 is 23.2 Å². The molecule has 7 nitrogen and oxygen atoms in total. The maximum absolute atomic E-state index is 13.0. The number of piperidine rings is 1. The Balaban J connectivity index is 1.40. The Labute approximate surface area is 181 Å². The van der Waals surface area contributed by atoms with Crippen molar-refractivity contribution in [1.29, 1.82) is 0 Å². The maximum atomic E-state index is 13.0. The molecule has 1 spiro atoms. The predicted molar refractivity (Wildman–Crippen MR) is 122 cm³/mol. The summed E-state index contributed by atoms with van der Waals surface area (Å²) in [4.78, 5) is 24.3. The number of rotatable bonds is 3. The molecule has 2 aromatic heterocycles. The first-order valence-electron chi connectivity index (χ1n) is 10.6. The topological polar surface area (TPSA) is 74.6 Å². The molecule has 0 saturated carbocycles. The van der Waals surface area contributed by atoms with Gasteiger partial charge in [-0.15, -0.1) is 0 Å². The number of amidine groups is 1. The van der Waals surface area contributed by atoms with Crippen LogP contribution in [0.25, 0.3) is 0 Å². The van der Waals surface area contributed by atoms with E-state index in [0.717, 1.165) is 41.4 Å². The number of hydrogen-bond donors (Lipinski definition) is 2. The zero-order valence-corrected chi connectivity index (χ0v) is 17.6. The van der Waals surface area contributed by atoms with Gasteiger partial charge in [0.25, 0.3) is 5.91 Å². The van der Waals surface area contributed by atoms with Crippen LogP contribution in [-0.4, -0.2) is 44.8 Å². The second-order valence-corrected chi connectivity index (χ2v) is 8.18. The molecule has 0 bridgehead atoms. The number of hydrogen-bond acceptors (Lipinski definition) is 4. The molecule has 1 saturated heterocycles. The molecule has 2 N–H and O–H groups in total. The van der Waals surface area contributed by atoms with Crippen LogP contribution in [0.15, 0.2) is 72.0 Å². The number of anilines is 2. The Morgan fingerprint density at radius 2 is 1.90 bits per heavy atom. The van der Waals surface area contributed by atoms with Gasteiger partial charge in [-0.1, -0.05) is 30.3 Å². The van der Waals surface area contributed by atoms with Crippen molar-refractivity contribution < 1.29 is 4.79 Å². The summed E-state index contributed by atoms with van der Waals surface area (Å²) in [5.74, 6) is 1.77. The number of aryl methyl sites for hydroxylation is 1. The normalized spacial score (nSPS) is 18.4. The Kier molecular flexibility index (Phi) is 4.94. The van der Waals surface area contributed by atoms with Crippen molar-refractivity contribution in [3.63, 3.8) is 0 Å². The molecule has 0 atom stereocenters. The van der Waals surface area contributed by atoms with Gasteiger partial charge in [-0.2, -0.15) is 0 Å². The van der Waals surface area contributed by atoms with Gasteiger partial charge in [0.1, 0.15) is 11.5 Å². The van der Waals surface area contributed by atoms with Gasteiger partial charge in [-0.25, -0.2) is 4.98 Å². The first kappa shape index (κ1) is 19.4. The highest BCUT2D eigenvalue weighted by atomic mass is 16.2. The van der Waals surface area contributed by atoms with E-state index in [4.69, 9.17) is 4.99 Å². The van der Waals surface area contributed by atoms with E-state index in [1.807, 2.05) is 65.2 Å². The first-order valence-corrected chi connectivity index (χ1v) is 10.6. The summed E-state index contributed by atoms with van der Waals surface area (Å²) in [6.45, 7) is 1.93. The van der Waals surface area contributed by atoms with Crippen LogP contribution in [0.5, 0.6) is 0 Å². The van der Waals surface area contributed by atoms with Crippen LogP contribution in [0.4, 0.5) is 11.5 Å². The number of fused-ring (bicyclic) bond motifs is 1. The third kappa shape index (κ3) is 3.67. The smallest absolute Gasteiger partial charge is 0.270 e. The minimum absolute atomic E-state index is 0.0796. The number of likely N-dealkylation sites (tertiary alicyclic amines) is 1. The fourth-order valence-electron chi connectivity index (χ4n) is 4.40. The summed E-state index contributed by atoms with van der Waals surface area (Å²) >= 11 is 0. The van der Waals surface area contributed by atoms with Gasteiger partial charge in [0, 0.05) is 32.5 Å². The number of carbonyl (C=O) groups excluding carboxylic acids is 1. The minimum atomic E-state index is -0.337. The van der Waals surface area contributed by atoms with Crippen molar-refractivity contribution in [3.05, 3.63) is 78.2 Å². The highest BCUT2D eigenvalue weighted by Gasteiger charge is 2.43. The number of aliphatic imine (C=N–C) groups is 1. The Morgan fingerprint density at radius 1 is 1.10 bits per heavy atom. The quantitative estimate of drug-likeness (QED) is 0.688. The molecule has 1 amide bonds. The van der Waals surface area contributed by atoms with Crippen LogP contribution in [-0.2, 0) is 13.6 Å². The third-order valence-corrected chi connectivity index (χ3v) is 6.20. The maximum Gasteiger partial charge on any atom is 0.270 e. The van der Waals surface area contributed by atoms with E-state index in [9.17, 15) is 4.79 Å². The Hall–Kier alpha value is -3.61. The van der Waals surface area contributed by atoms with Gasteiger partial charge in [0.15, 0.2) is 5.82 Å². The zero-order valence-electron chi connectivity index (χ0n) is 17.6. The molecule has 158 valence electrons. The van der Waals surface area contributed by atoms with Crippen molar-refractivity contribution in [2.45, 2.75) is 24.9 Å². The summed E-state index contributed by atoms with van der Waals surface area (Å²) in [5.41, 5.74) is 2.52. The summed E-state index contributed by atoms with van der Waals surface area (Å²) < 4.78 is 1.88. The van der Waals surface area contributed by atoms with Gasteiger partial charge in [0.2, 0.25) is 0 Å². The second kappa shape index (κ2) is 7.91. The molecule has 0 aliphatic carbocycles. The number of amides is 1. The molecular formula is C24H26N6O. The van der Waals surface area contributed by atoms with Crippen LogP contribution in [0, 0.1) is 0 Å². The van der Waals surface area contributed by atoms with Crippen LogP contribution >= 0.6 is 0 Å². The lowest BCUT2D eigenvalue weighted by atomic mass is 9.84. The average molecular weight is 415 g/mol. The molecule has 4 heterocycles. The van der Waals surface area contributed by atoms with E-state index in [1.54, 1.807) is 6.20 Å². The van der Waals surface area contributed by atoms with E-state index in [-0.39, 0.29) is 11.4 Å². The molecule has 2 aliphatic rings. The largest absolute Gasteiger partial charge is 0.370 e. The predicted octanol–water partition coefficient (Wildman–Crippen LogP) is 3.53. The fourth-order valence-corrected chi connectivity index (χ4v) is 4.40. The van der Waals surface area contributed by atoms with Crippen LogP contribution < -0.4 is 10.6 Å². The van der Waals surface area contributed by atoms with Crippen molar-refractivity contribution in [3.8, 4) is 0 Å². The molecule has 7 heteroatoms. The number of nitrogens with zero attached hydrogens (tertiary/aromatic N) is 4. The molecular weight excluding hydrogens is 388 g/mol. The van der Waals surface area contributed by atoms with Gasteiger partial charge in [-0.3, -0.25) is 9.79 Å². The Bertz CT molecular complexity index is 1110. The van der Waals surface area contributed by atoms with Crippen LogP contribution in [0.1, 0.15) is 28.9 Å². The number of benzene rings is 1. The number of pyridine rings is 1. The lowest BCUT2D eigenvalue weighted by Gasteiger charge is -2.46. The van der Waals surface area contributed by atoms with E-state index in [1.165, 1.54) is 0 Å². The van der Waals surface area contributed by atoms with Gasteiger partial charge >= 0.3 is 0 Å². The molecule has 1 aromatic carbocycles. The summed E-state index contributed by atoms with van der Waals surface area (Å²) in [6, 6.07) is 18.0. The molecule has 0 unspecified atom stereocenters. The van der Waals surface area contributed by atoms with Gasteiger partial charge < -0.3 is 20.1 Å². The highest BCUT2D eigenvalue weighted by Crippen LogP contribution is 2.36. The van der Waals surface area contributed by atoms with Crippen molar-refractivity contribution in [2.75, 3.05) is 23.7 Å². The van der Waals surface area contributed by atoms with E-state index >= 15 is 0 Å². The third-order valence-electron chi connectivity index (χ3n) is 6.20. The van der Waals surface area contributed by atoms with Crippen molar-refractivity contribution in [1.82, 2.24) is 14.5 Å². The average Bonchev–Trinajstić information content (AvgIpc) is 3.24. The fraction of sp³-hybridized carbons (Fsp3) is 0.292. The molecule has 0 radical (unpaired) electrons. The minimum Gasteiger partial charge on any atom is -0.370 e. The van der Waals surface area contributed by atoms with E-state index in [2.05, 4.69) is 27.8 Å². The highest BCUT2D eigenvalue weighted by molar-refractivity contribution is 6.08. The van der Waals surface area contributed by atoms with Gasteiger partial charge in [-0.05, 0) is 42.7 Å². The lowest BCUT2D eigenvalue weighted by molar-refractivity contribution is 0.0695. The van der Waals surface area contributed by atoms with Crippen LogP contribution in [0.2, 0.25) is 0 Å². The zero-order chi connectivity index (χ0) is 21.3. The van der Waals surface area contributed by atoms with Gasteiger partial charge in [0.05, 0.1) is 17.8 Å². The molecule has 2 aliphatic heterocycles. The number of aromatic nitrogens is 2. The number of carbonyl (C=O) groups is 1. The van der Waals surface area contributed by atoms with Crippen LogP contribution in [0.3, 0.4) is 0 Å². The second-order valence-electron chi connectivity index (χ2n) is 8.18. The Morgan fingerprint density at radius 3 is 2.65 bits per heavy atom.